The second-order valence-electron chi connectivity index (χ2n) is 5.75. The van der Waals surface area contributed by atoms with Crippen molar-refractivity contribution in [1.29, 1.82) is 0 Å². The van der Waals surface area contributed by atoms with Gasteiger partial charge in [-0.05, 0) is 24.6 Å². The minimum Gasteiger partial charge on any atom is -0.379 e. The van der Waals surface area contributed by atoms with E-state index in [-0.39, 0.29) is 0 Å². The summed E-state index contributed by atoms with van der Waals surface area (Å²) in [6.07, 6.45) is 1.55. The van der Waals surface area contributed by atoms with Gasteiger partial charge in [0.25, 0.3) is 0 Å². The summed E-state index contributed by atoms with van der Waals surface area (Å²) in [5.41, 5.74) is 2.06. The smallest absolute Gasteiger partial charge is 0.135 e. The predicted octanol–water partition coefficient (Wildman–Crippen LogP) is 2.93. The summed E-state index contributed by atoms with van der Waals surface area (Å²) in [4.78, 5) is 10.9. The maximum absolute atomic E-state index is 6.06. The molecule has 0 spiro atoms. The number of rotatable bonds is 6. The molecule has 2 heterocycles. The molecule has 2 N–H and O–H groups in total. The molecule has 0 saturated carbocycles. The van der Waals surface area contributed by atoms with Crippen LogP contribution < -0.4 is 10.6 Å². The first-order valence-corrected chi connectivity index (χ1v) is 8.48. The van der Waals surface area contributed by atoms with Gasteiger partial charge in [-0.2, -0.15) is 0 Å². The molecule has 1 saturated heterocycles. The first-order valence-electron chi connectivity index (χ1n) is 8.10. The lowest BCUT2D eigenvalue weighted by molar-refractivity contribution is 0.0398. The molecule has 0 radical (unpaired) electrons. The van der Waals surface area contributed by atoms with Crippen molar-refractivity contribution < 1.29 is 4.74 Å². The number of ether oxygens (including phenoxy) is 1. The Bertz CT molecular complexity index is 676. The third-order valence-electron chi connectivity index (χ3n) is 3.97. The van der Waals surface area contributed by atoms with Gasteiger partial charge in [0, 0.05) is 43.0 Å². The molecule has 0 atom stereocenters. The number of nitrogens with one attached hydrogen (secondary N) is 2. The topological polar surface area (TPSA) is 62.3 Å². The van der Waals surface area contributed by atoms with Crippen LogP contribution in [-0.2, 0) is 4.74 Å². The van der Waals surface area contributed by atoms with Crippen LogP contribution in [0.5, 0.6) is 0 Å². The quantitative estimate of drug-likeness (QED) is 0.837. The Labute approximate surface area is 147 Å². The fourth-order valence-electron chi connectivity index (χ4n) is 2.56. The predicted molar refractivity (Wildman–Crippen MR) is 97.3 cm³/mol. The molecule has 1 fully saturated rings. The van der Waals surface area contributed by atoms with Gasteiger partial charge < -0.3 is 15.4 Å². The van der Waals surface area contributed by atoms with Gasteiger partial charge in [0.1, 0.15) is 18.0 Å². The van der Waals surface area contributed by atoms with Gasteiger partial charge in [0.05, 0.1) is 13.2 Å². The second-order valence-corrected chi connectivity index (χ2v) is 6.19. The van der Waals surface area contributed by atoms with Gasteiger partial charge in [0.15, 0.2) is 0 Å². The number of benzene rings is 1. The van der Waals surface area contributed by atoms with Crippen LogP contribution in [0.4, 0.5) is 17.3 Å². The SMILES string of the molecule is Cc1ccc(Cl)cc1Nc1cc(NCCN2CCOCC2)ncn1. The Balaban J connectivity index is 1.56. The number of anilines is 3. The number of morpholine rings is 1. The molecule has 1 aromatic carbocycles. The van der Waals surface area contributed by atoms with E-state index < -0.39 is 0 Å². The lowest BCUT2D eigenvalue weighted by Gasteiger charge is -2.26. The maximum Gasteiger partial charge on any atom is 0.135 e. The Hall–Kier alpha value is -1.89. The zero-order valence-electron chi connectivity index (χ0n) is 13.8. The van der Waals surface area contributed by atoms with Crippen molar-refractivity contribution in [3.05, 3.63) is 41.2 Å². The number of aromatic nitrogens is 2. The van der Waals surface area contributed by atoms with Crippen LogP contribution in [0, 0.1) is 6.92 Å². The highest BCUT2D eigenvalue weighted by Gasteiger charge is 2.09. The summed E-state index contributed by atoms with van der Waals surface area (Å²) in [5, 5.41) is 7.33. The molecule has 128 valence electrons. The first kappa shape index (κ1) is 17.0. The van der Waals surface area contributed by atoms with E-state index in [2.05, 4.69) is 25.5 Å². The van der Waals surface area contributed by atoms with Crippen molar-refractivity contribution in [3.8, 4) is 0 Å². The number of halogens is 1. The molecule has 6 nitrogen and oxygen atoms in total. The number of hydrogen-bond donors (Lipinski definition) is 2. The molecule has 2 aromatic rings. The van der Waals surface area contributed by atoms with Gasteiger partial charge >= 0.3 is 0 Å². The normalized spacial score (nSPS) is 15.2. The average Bonchev–Trinajstić information content (AvgIpc) is 2.60. The summed E-state index contributed by atoms with van der Waals surface area (Å²) in [6, 6.07) is 7.65. The fourth-order valence-corrected chi connectivity index (χ4v) is 2.73. The largest absolute Gasteiger partial charge is 0.379 e. The molecule has 0 aliphatic carbocycles. The van der Waals surface area contributed by atoms with Crippen LogP contribution in [0.15, 0.2) is 30.6 Å². The molecule has 24 heavy (non-hydrogen) atoms. The minimum atomic E-state index is 0.695. The van der Waals surface area contributed by atoms with Gasteiger partial charge in [-0.1, -0.05) is 17.7 Å². The fraction of sp³-hybridized carbons (Fsp3) is 0.412. The lowest BCUT2D eigenvalue weighted by atomic mass is 10.2. The summed E-state index contributed by atoms with van der Waals surface area (Å²) in [6.45, 7) is 7.47. The third kappa shape index (κ3) is 4.80. The number of nitrogens with zero attached hydrogens (tertiary/aromatic N) is 3. The van der Waals surface area contributed by atoms with Crippen LogP contribution in [0.2, 0.25) is 5.02 Å². The van der Waals surface area contributed by atoms with Gasteiger partial charge in [0.2, 0.25) is 0 Å². The number of hydrogen-bond acceptors (Lipinski definition) is 6. The molecule has 1 aliphatic heterocycles. The van der Waals surface area contributed by atoms with E-state index in [1.807, 2.05) is 31.2 Å². The van der Waals surface area contributed by atoms with Gasteiger partial charge in [-0.15, -0.1) is 0 Å². The minimum absolute atomic E-state index is 0.695. The maximum atomic E-state index is 6.06. The zero-order chi connectivity index (χ0) is 16.8. The van der Waals surface area contributed by atoms with E-state index in [1.165, 1.54) is 0 Å². The van der Waals surface area contributed by atoms with E-state index in [1.54, 1.807) is 6.33 Å². The Morgan fingerprint density at radius 1 is 1.17 bits per heavy atom. The highest BCUT2D eigenvalue weighted by atomic mass is 35.5. The van der Waals surface area contributed by atoms with E-state index in [0.717, 1.165) is 62.3 Å². The standard InChI is InChI=1S/C17H22ClN5O/c1-13-2-3-14(18)10-15(13)22-17-11-16(20-12-21-17)19-4-5-23-6-8-24-9-7-23/h2-3,10-12H,4-9H2,1H3,(H2,19,20,21,22). The second kappa shape index (κ2) is 8.28. The van der Waals surface area contributed by atoms with E-state index in [9.17, 15) is 0 Å². The van der Waals surface area contributed by atoms with Crippen LogP contribution in [0.3, 0.4) is 0 Å². The van der Waals surface area contributed by atoms with E-state index >= 15 is 0 Å². The van der Waals surface area contributed by atoms with Crippen molar-refractivity contribution >= 4 is 28.9 Å². The summed E-state index contributed by atoms with van der Waals surface area (Å²) >= 11 is 6.06. The molecule has 3 rings (SSSR count). The van der Waals surface area contributed by atoms with E-state index in [0.29, 0.717) is 5.02 Å². The van der Waals surface area contributed by atoms with Crippen molar-refractivity contribution in [2.75, 3.05) is 50.0 Å². The highest BCUT2D eigenvalue weighted by molar-refractivity contribution is 6.30. The molecule has 7 heteroatoms. The van der Waals surface area contributed by atoms with Crippen molar-refractivity contribution in [3.63, 3.8) is 0 Å². The summed E-state index contributed by atoms with van der Waals surface area (Å²) in [7, 11) is 0. The Morgan fingerprint density at radius 2 is 1.96 bits per heavy atom. The van der Waals surface area contributed by atoms with Crippen LogP contribution in [0.25, 0.3) is 0 Å². The van der Waals surface area contributed by atoms with Crippen LogP contribution in [0.1, 0.15) is 5.56 Å². The Morgan fingerprint density at radius 3 is 2.79 bits per heavy atom. The molecule has 1 aliphatic rings. The van der Waals surface area contributed by atoms with Gasteiger partial charge in [-0.3, -0.25) is 4.90 Å². The number of aryl methyl sites for hydroxylation is 1. The summed E-state index contributed by atoms with van der Waals surface area (Å²) < 4.78 is 5.35. The first-order chi connectivity index (χ1) is 11.7. The third-order valence-corrected chi connectivity index (χ3v) is 4.20. The summed E-state index contributed by atoms with van der Waals surface area (Å²) in [5.74, 6) is 1.55. The molecule has 1 aromatic heterocycles. The average molecular weight is 348 g/mol. The lowest BCUT2D eigenvalue weighted by Crippen LogP contribution is -2.39. The molecule has 0 amide bonds. The molecule has 0 unspecified atom stereocenters. The molecular weight excluding hydrogens is 326 g/mol. The highest BCUT2D eigenvalue weighted by Crippen LogP contribution is 2.23. The monoisotopic (exact) mass is 347 g/mol. The van der Waals surface area contributed by atoms with Crippen molar-refractivity contribution in [1.82, 2.24) is 14.9 Å². The molecule has 0 bridgehead atoms. The van der Waals surface area contributed by atoms with Gasteiger partial charge in [-0.25, -0.2) is 9.97 Å². The molecular formula is C17H22ClN5O. The van der Waals surface area contributed by atoms with Crippen molar-refractivity contribution in [2.45, 2.75) is 6.92 Å². The van der Waals surface area contributed by atoms with Crippen LogP contribution >= 0.6 is 11.6 Å². The Kier molecular flexibility index (Phi) is 5.85. The van der Waals surface area contributed by atoms with Crippen LogP contribution in [-0.4, -0.2) is 54.3 Å². The van der Waals surface area contributed by atoms with E-state index in [4.69, 9.17) is 16.3 Å². The zero-order valence-corrected chi connectivity index (χ0v) is 14.5. The van der Waals surface area contributed by atoms with Crippen molar-refractivity contribution in [2.24, 2.45) is 0 Å².